The van der Waals surface area contributed by atoms with Crippen LogP contribution < -0.4 is 5.32 Å². The minimum Gasteiger partial charge on any atom is -0.337 e. The van der Waals surface area contributed by atoms with Crippen LogP contribution in [0.1, 0.15) is 29.5 Å². The highest BCUT2D eigenvalue weighted by Crippen LogP contribution is 2.37. The third-order valence-electron chi connectivity index (χ3n) is 4.02. The van der Waals surface area contributed by atoms with Crippen molar-refractivity contribution in [1.29, 1.82) is 0 Å². The summed E-state index contributed by atoms with van der Waals surface area (Å²) >= 11 is 0. The molecule has 0 amide bonds. The van der Waals surface area contributed by atoms with Crippen LogP contribution in [-0.2, 0) is 7.05 Å². The lowest BCUT2D eigenvalue weighted by molar-refractivity contribution is 0.382. The van der Waals surface area contributed by atoms with Crippen molar-refractivity contribution in [1.82, 2.24) is 14.9 Å². The van der Waals surface area contributed by atoms with Gasteiger partial charge in [-0.2, -0.15) is 0 Å². The molecule has 2 aromatic rings. The van der Waals surface area contributed by atoms with E-state index < -0.39 is 0 Å². The first-order chi connectivity index (χ1) is 9.27. The Morgan fingerprint density at radius 1 is 1.32 bits per heavy atom. The molecular formula is C15H18FN3. The minimum atomic E-state index is -0.108. The Labute approximate surface area is 112 Å². The third-order valence-corrected chi connectivity index (χ3v) is 4.02. The zero-order chi connectivity index (χ0) is 13.2. The Hall–Kier alpha value is -1.68. The Bertz CT molecular complexity index is 564. The molecule has 1 aromatic carbocycles. The van der Waals surface area contributed by atoms with Crippen LogP contribution in [-0.4, -0.2) is 22.6 Å². The first kappa shape index (κ1) is 12.4. The van der Waals surface area contributed by atoms with Crippen LogP contribution >= 0.6 is 0 Å². The average Bonchev–Trinajstić information content (AvgIpc) is 2.86. The molecule has 0 spiro atoms. The van der Waals surface area contributed by atoms with E-state index in [4.69, 9.17) is 0 Å². The number of rotatable bonds is 2. The van der Waals surface area contributed by atoms with Crippen LogP contribution in [0.5, 0.6) is 0 Å². The summed E-state index contributed by atoms with van der Waals surface area (Å²) in [6.45, 7) is 1.79. The van der Waals surface area contributed by atoms with Gasteiger partial charge in [0.25, 0.3) is 0 Å². The van der Waals surface area contributed by atoms with Gasteiger partial charge in [-0.05, 0) is 24.6 Å². The highest BCUT2D eigenvalue weighted by Gasteiger charge is 2.30. The van der Waals surface area contributed by atoms with E-state index >= 15 is 0 Å². The first-order valence-electron chi connectivity index (χ1n) is 6.68. The molecule has 19 heavy (non-hydrogen) atoms. The van der Waals surface area contributed by atoms with Crippen LogP contribution in [0.3, 0.4) is 0 Å². The molecule has 1 N–H and O–H groups in total. The van der Waals surface area contributed by atoms with Gasteiger partial charge >= 0.3 is 0 Å². The van der Waals surface area contributed by atoms with E-state index in [1.807, 2.05) is 36.3 Å². The van der Waals surface area contributed by atoms with Crippen LogP contribution in [0.4, 0.5) is 4.39 Å². The largest absolute Gasteiger partial charge is 0.337 e. The van der Waals surface area contributed by atoms with Gasteiger partial charge in [0.2, 0.25) is 0 Å². The van der Waals surface area contributed by atoms with Crippen LogP contribution in [0.15, 0.2) is 36.8 Å². The van der Waals surface area contributed by atoms with Crippen molar-refractivity contribution in [2.24, 2.45) is 7.05 Å². The van der Waals surface area contributed by atoms with Crippen LogP contribution in [0.2, 0.25) is 0 Å². The van der Waals surface area contributed by atoms with Crippen molar-refractivity contribution in [2.45, 2.75) is 18.3 Å². The molecule has 1 fully saturated rings. The quantitative estimate of drug-likeness (QED) is 0.897. The Kier molecular flexibility index (Phi) is 3.34. The smallest absolute Gasteiger partial charge is 0.126 e. The van der Waals surface area contributed by atoms with E-state index in [-0.39, 0.29) is 11.7 Å². The number of halogens is 1. The molecule has 2 unspecified atom stereocenters. The van der Waals surface area contributed by atoms with E-state index in [9.17, 15) is 4.39 Å². The van der Waals surface area contributed by atoms with E-state index in [1.165, 1.54) is 5.69 Å². The van der Waals surface area contributed by atoms with Crippen LogP contribution in [0.25, 0.3) is 0 Å². The summed E-state index contributed by atoms with van der Waals surface area (Å²) < 4.78 is 16.1. The zero-order valence-electron chi connectivity index (χ0n) is 11.0. The summed E-state index contributed by atoms with van der Waals surface area (Å²) in [7, 11) is 2.00. The number of hydrogen-bond acceptors (Lipinski definition) is 2. The molecule has 1 aromatic heterocycles. The number of piperidine rings is 1. The molecule has 3 rings (SSSR count). The number of imidazole rings is 1. The maximum atomic E-state index is 14.0. The predicted molar refractivity (Wildman–Crippen MR) is 72.6 cm³/mol. The van der Waals surface area contributed by atoms with Crippen molar-refractivity contribution >= 4 is 0 Å². The molecule has 1 aliphatic heterocycles. The molecule has 0 bridgehead atoms. The van der Waals surface area contributed by atoms with Crippen molar-refractivity contribution in [2.75, 3.05) is 13.1 Å². The summed E-state index contributed by atoms with van der Waals surface area (Å²) in [5.74, 6) is 0.388. The molecule has 0 aliphatic carbocycles. The van der Waals surface area contributed by atoms with E-state index in [2.05, 4.69) is 10.3 Å². The fraction of sp³-hybridized carbons (Fsp3) is 0.400. The summed E-state index contributed by atoms with van der Waals surface area (Å²) in [6.07, 6.45) is 4.73. The van der Waals surface area contributed by atoms with Gasteiger partial charge in [0.15, 0.2) is 0 Å². The average molecular weight is 259 g/mol. The summed E-state index contributed by atoms with van der Waals surface area (Å²) in [5.41, 5.74) is 2.00. The summed E-state index contributed by atoms with van der Waals surface area (Å²) in [5, 5.41) is 3.38. The molecule has 100 valence electrons. The Morgan fingerprint density at radius 3 is 2.89 bits per heavy atom. The topological polar surface area (TPSA) is 29.9 Å². The molecule has 2 atom stereocenters. The maximum Gasteiger partial charge on any atom is 0.126 e. The normalized spacial score (nSPS) is 23.5. The predicted octanol–water partition coefficient (Wildman–Crippen LogP) is 2.42. The van der Waals surface area contributed by atoms with E-state index in [0.717, 1.165) is 25.1 Å². The van der Waals surface area contributed by atoms with E-state index in [1.54, 1.807) is 12.1 Å². The fourth-order valence-corrected chi connectivity index (χ4v) is 3.04. The number of aryl methyl sites for hydroxylation is 1. The first-order valence-corrected chi connectivity index (χ1v) is 6.68. The number of hydrogen-bond donors (Lipinski definition) is 1. The standard InChI is InChI=1S/C15H18FN3/c1-19-10-18-9-15(19)12-6-7-17-8-13(12)11-4-2-3-5-14(11)16/h2-5,9-10,12-13,17H,6-8H2,1H3. The SMILES string of the molecule is Cn1cncc1C1CCNCC1c1ccccc1F. The van der Waals surface area contributed by atoms with Crippen molar-refractivity contribution in [3.63, 3.8) is 0 Å². The number of nitrogens with zero attached hydrogens (tertiary/aromatic N) is 2. The molecule has 1 aliphatic rings. The highest BCUT2D eigenvalue weighted by atomic mass is 19.1. The van der Waals surface area contributed by atoms with Gasteiger partial charge < -0.3 is 9.88 Å². The van der Waals surface area contributed by atoms with Gasteiger partial charge in [-0.1, -0.05) is 18.2 Å². The lowest BCUT2D eigenvalue weighted by Crippen LogP contribution is -2.35. The minimum absolute atomic E-state index is 0.108. The lowest BCUT2D eigenvalue weighted by atomic mass is 9.79. The zero-order valence-corrected chi connectivity index (χ0v) is 11.0. The number of nitrogens with one attached hydrogen (secondary N) is 1. The van der Waals surface area contributed by atoms with Gasteiger partial charge in [0.1, 0.15) is 5.82 Å². The third kappa shape index (κ3) is 2.28. The van der Waals surface area contributed by atoms with Crippen molar-refractivity contribution < 1.29 is 4.39 Å². The molecule has 1 saturated heterocycles. The van der Waals surface area contributed by atoms with Gasteiger partial charge in [-0.15, -0.1) is 0 Å². The van der Waals surface area contributed by atoms with Crippen molar-refractivity contribution in [3.8, 4) is 0 Å². The highest BCUT2D eigenvalue weighted by molar-refractivity contribution is 5.28. The lowest BCUT2D eigenvalue weighted by Gasteiger charge is -2.32. The fourth-order valence-electron chi connectivity index (χ4n) is 3.04. The summed E-state index contributed by atoms with van der Waals surface area (Å²) in [6, 6.07) is 7.10. The maximum absolute atomic E-state index is 14.0. The van der Waals surface area contributed by atoms with Crippen LogP contribution in [0, 0.1) is 5.82 Å². The molecule has 2 heterocycles. The Balaban J connectivity index is 1.98. The van der Waals surface area contributed by atoms with Gasteiger partial charge in [0.05, 0.1) is 6.33 Å². The van der Waals surface area contributed by atoms with Gasteiger partial charge in [-0.3, -0.25) is 0 Å². The molecule has 4 heteroatoms. The second kappa shape index (κ2) is 5.13. The van der Waals surface area contributed by atoms with Gasteiger partial charge in [0, 0.05) is 37.3 Å². The summed E-state index contributed by atoms with van der Waals surface area (Å²) in [4.78, 5) is 4.20. The van der Waals surface area contributed by atoms with Crippen molar-refractivity contribution in [3.05, 3.63) is 53.9 Å². The molecular weight excluding hydrogens is 241 g/mol. The molecule has 3 nitrogen and oxygen atoms in total. The monoisotopic (exact) mass is 259 g/mol. The molecule has 0 radical (unpaired) electrons. The van der Waals surface area contributed by atoms with E-state index in [0.29, 0.717) is 5.92 Å². The Morgan fingerprint density at radius 2 is 2.16 bits per heavy atom. The molecule has 0 saturated carbocycles. The second-order valence-electron chi connectivity index (χ2n) is 5.16. The second-order valence-corrected chi connectivity index (χ2v) is 5.16. The number of benzene rings is 1. The number of aromatic nitrogens is 2. The van der Waals surface area contributed by atoms with Gasteiger partial charge in [-0.25, -0.2) is 9.37 Å².